The first-order valence-corrected chi connectivity index (χ1v) is 8.99. The Labute approximate surface area is 163 Å². The summed E-state index contributed by atoms with van der Waals surface area (Å²) in [5.41, 5.74) is 2.12. The molecule has 28 heavy (non-hydrogen) atoms. The fraction of sp³-hybridized carbons (Fsp3) is 0.400. The summed E-state index contributed by atoms with van der Waals surface area (Å²) in [6.45, 7) is 1.01. The van der Waals surface area contributed by atoms with Crippen LogP contribution >= 0.6 is 0 Å². The van der Waals surface area contributed by atoms with Gasteiger partial charge in [0.05, 0.1) is 26.9 Å². The average Bonchev–Trinajstić information content (AvgIpc) is 2.68. The summed E-state index contributed by atoms with van der Waals surface area (Å²) in [7, 11) is 1.50. The van der Waals surface area contributed by atoms with Crippen LogP contribution in [-0.4, -0.2) is 70.6 Å². The number of phenolic OH excluding ortho intramolecular Hbond substituents is 1. The van der Waals surface area contributed by atoms with Gasteiger partial charge in [-0.15, -0.1) is 0 Å². The number of methoxy groups -OCH3 is 1. The predicted molar refractivity (Wildman–Crippen MR) is 100 cm³/mol. The molecule has 8 heteroatoms. The lowest BCUT2D eigenvalue weighted by molar-refractivity contribution is -0.0000165. The molecule has 3 rings (SSSR count). The summed E-state index contributed by atoms with van der Waals surface area (Å²) in [4.78, 5) is 18.5. The minimum atomic E-state index is -0.917. The number of aromatic nitrogens is 1. The van der Waals surface area contributed by atoms with Gasteiger partial charge in [-0.05, 0) is 35.4 Å². The number of pyridine rings is 1. The van der Waals surface area contributed by atoms with Crippen LogP contribution in [0.4, 0.5) is 0 Å². The number of hydrogen-bond donors (Lipinski definition) is 3. The van der Waals surface area contributed by atoms with E-state index in [2.05, 4.69) is 4.98 Å². The third kappa shape index (κ3) is 4.59. The van der Waals surface area contributed by atoms with Crippen molar-refractivity contribution >= 4 is 5.91 Å². The SMILES string of the molecule is COc1cc(C2CN(C(=O)c3cc(COC[C@@H](O)CO)ccn3)C2)ccc1O. The molecule has 0 aliphatic carbocycles. The quantitative estimate of drug-likeness (QED) is 0.616. The van der Waals surface area contributed by atoms with E-state index in [0.29, 0.717) is 24.5 Å². The van der Waals surface area contributed by atoms with Crippen molar-refractivity contribution in [1.82, 2.24) is 9.88 Å². The first-order chi connectivity index (χ1) is 13.5. The summed E-state index contributed by atoms with van der Waals surface area (Å²) in [6, 6.07) is 8.63. The van der Waals surface area contributed by atoms with Gasteiger partial charge in [0.2, 0.25) is 0 Å². The summed E-state index contributed by atoms with van der Waals surface area (Å²) in [5, 5.41) is 27.8. The van der Waals surface area contributed by atoms with Crippen molar-refractivity contribution < 1.29 is 29.6 Å². The van der Waals surface area contributed by atoms with Crippen LogP contribution < -0.4 is 4.74 Å². The first kappa shape index (κ1) is 20.1. The Morgan fingerprint density at radius 3 is 2.82 bits per heavy atom. The van der Waals surface area contributed by atoms with E-state index in [-0.39, 0.29) is 37.4 Å². The highest BCUT2D eigenvalue weighted by atomic mass is 16.5. The first-order valence-electron chi connectivity index (χ1n) is 8.99. The topological polar surface area (TPSA) is 112 Å². The normalized spacial score (nSPS) is 15.2. The lowest BCUT2D eigenvalue weighted by Crippen LogP contribution is -2.48. The molecule has 0 unspecified atom stereocenters. The zero-order chi connectivity index (χ0) is 20.1. The maximum absolute atomic E-state index is 12.6. The van der Waals surface area contributed by atoms with Crippen molar-refractivity contribution in [2.45, 2.75) is 18.6 Å². The number of aromatic hydroxyl groups is 1. The second kappa shape index (κ2) is 9.01. The van der Waals surface area contributed by atoms with E-state index >= 15 is 0 Å². The van der Waals surface area contributed by atoms with Gasteiger partial charge in [0.15, 0.2) is 11.5 Å². The highest BCUT2D eigenvalue weighted by Crippen LogP contribution is 2.34. The van der Waals surface area contributed by atoms with Crippen LogP contribution in [-0.2, 0) is 11.3 Å². The number of aliphatic hydroxyl groups is 2. The molecule has 3 N–H and O–H groups in total. The Balaban J connectivity index is 1.56. The van der Waals surface area contributed by atoms with Crippen molar-refractivity contribution in [3.8, 4) is 11.5 Å². The van der Waals surface area contributed by atoms with Crippen molar-refractivity contribution in [3.63, 3.8) is 0 Å². The number of carbonyl (C=O) groups is 1. The number of benzene rings is 1. The van der Waals surface area contributed by atoms with Crippen molar-refractivity contribution in [3.05, 3.63) is 53.3 Å². The Morgan fingerprint density at radius 2 is 2.11 bits per heavy atom. The Hall–Kier alpha value is -2.68. The highest BCUT2D eigenvalue weighted by Gasteiger charge is 2.33. The van der Waals surface area contributed by atoms with Gasteiger partial charge < -0.3 is 29.7 Å². The number of phenols is 1. The molecule has 1 aromatic heterocycles. The lowest BCUT2D eigenvalue weighted by Gasteiger charge is -2.39. The Morgan fingerprint density at radius 1 is 1.32 bits per heavy atom. The number of aliphatic hydroxyl groups excluding tert-OH is 2. The van der Waals surface area contributed by atoms with Gasteiger partial charge in [-0.25, -0.2) is 0 Å². The molecule has 1 saturated heterocycles. The average molecular weight is 388 g/mol. The van der Waals surface area contributed by atoms with Gasteiger partial charge in [0, 0.05) is 25.2 Å². The number of nitrogens with zero attached hydrogens (tertiary/aromatic N) is 2. The second-order valence-corrected chi connectivity index (χ2v) is 6.74. The number of rotatable bonds is 8. The third-order valence-electron chi connectivity index (χ3n) is 4.68. The van der Waals surface area contributed by atoms with Crippen LogP contribution in [0, 0.1) is 0 Å². The van der Waals surface area contributed by atoms with Crippen LogP contribution in [0.15, 0.2) is 36.5 Å². The molecule has 1 atom stereocenters. The molecule has 1 amide bonds. The Kier molecular flexibility index (Phi) is 6.45. The number of ether oxygens (including phenoxy) is 2. The monoisotopic (exact) mass is 388 g/mol. The van der Waals surface area contributed by atoms with E-state index in [1.54, 1.807) is 35.4 Å². The largest absolute Gasteiger partial charge is 0.504 e. The third-order valence-corrected chi connectivity index (χ3v) is 4.68. The second-order valence-electron chi connectivity index (χ2n) is 6.74. The molecule has 150 valence electrons. The molecule has 2 aromatic rings. The number of amides is 1. The summed E-state index contributed by atoms with van der Waals surface area (Å²) in [5.74, 6) is 0.542. The van der Waals surface area contributed by atoms with E-state index in [4.69, 9.17) is 14.6 Å². The zero-order valence-corrected chi connectivity index (χ0v) is 15.6. The Bertz CT molecular complexity index is 822. The molecule has 2 heterocycles. The number of hydrogen-bond acceptors (Lipinski definition) is 7. The molecular weight excluding hydrogens is 364 g/mol. The van der Waals surface area contributed by atoms with Crippen molar-refractivity contribution in [1.29, 1.82) is 0 Å². The maximum Gasteiger partial charge on any atom is 0.272 e. The molecular formula is C20H24N2O6. The fourth-order valence-electron chi connectivity index (χ4n) is 3.01. The lowest BCUT2D eigenvalue weighted by atomic mass is 9.91. The van der Waals surface area contributed by atoms with Crippen LogP contribution in [0.3, 0.4) is 0 Å². The smallest absolute Gasteiger partial charge is 0.272 e. The molecule has 0 spiro atoms. The van der Waals surface area contributed by atoms with E-state index in [0.717, 1.165) is 11.1 Å². The standard InChI is InChI=1S/C20H24N2O6/c1-27-19-7-14(2-3-18(19)25)15-8-22(9-15)20(26)17-6-13(4-5-21-17)11-28-12-16(24)10-23/h2-7,15-16,23-25H,8-12H2,1H3/t16-/m0/s1. The molecule has 0 radical (unpaired) electrons. The van der Waals surface area contributed by atoms with E-state index in [1.807, 2.05) is 6.07 Å². The van der Waals surface area contributed by atoms with Gasteiger partial charge in [-0.2, -0.15) is 0 Å². The van der Waals surface area contributed by atoms with Gasteiger partial charge in [-0.1, -0.05) is 6.07 Å². The molecule has 1 aliphatic rings. The predicted octanol–water partition coefficient (Wildman–Crippen LogP) is 0.905. The summed E-state index contributed by atoms with van der Waals surface area (Å²) in [6.07, 6.45) is 0.635. The molecule has 8 nitrogen and oxygen atoms in total. The molecule has 1 aromatic carbocycles. The van der Waals surface area contributed by atoms with Crippen molar-refractivity contribution in [2.24, 2.45) is 0 Å². The van der Waals surface area contributed by atoms with Crippen LogP contribution in [0.1, 0.15) is 27.5 Å². The van der Waals surface area contributed by atoms with E-state index < -0.39 is 6.10 Å². The highest BCUT2D eigenvalue weighted by molar-refractivity contribution is 5.93. The zero-order valence-electron chi connectivity index (χ0n) is 15.6. The van der Waals surface area contributed by atoms with Gasteiger partial charge in [-0.3, -0.25) is 9.78 Å². The van der Waals surface area contributed by atoms with Crippen LogP contribution in [0.5, 0.6) is 11.5 Å². The number of carbonyl (C=O) groups excluding carboxylic acids is 1. The minimum Gasteiger partial charge on any atom is -0.504 e. The van der Waals surface area contributed by atoms with Gasteiger partial charge in [0.1, 0.15) is 11.8 Å². The summed E-state index contributed by atoms with van der Waals surface area (Å²) < 4.78 is 10.5. The van der Waals surface area contributed by atoms with Gasteiger partial charge in [0.25, 0.3) is 5.91 Å². The molecule has 0 bridgehead atoms. The molecule has 1 fully saturated rings. The summed E-state index contributed by atoms with van der Waals surface area (Å²) >= 11 is 0. The maximum atomic E-state index is 12.6. The van der Waals surface area contributed by atoms with Gasteiger partial charge >= 0.3 is 0 Å². The minimum absolute atomic E-state index is 0.0198. The number of likely N-dealkylation sites (tertiary alicyclic amines) is 1. The van der Waals surface area contributed by atoms with Crippen molar-refractivity contribution in [2.75, 3.05) is 33.4 Å². The fourth-order valence-corrected chi connectivity index (χ4v) is 3.01. The van der Waals surface area contributed by atoms with Crippen LogP contribution in [0.25, 0.3) is 0 Å². The molecule has 0 saturated carbocycles. The van der Waals surface area contributed by atoms with Crippen LogP contribution in [0.2, 0.25) is 0 Å². The molecule has 1 aliphatic heterocycles. The van der Waals surface area contributed by atoms with E-state index in [1.165, 1.54) is 7.11 Å². The van der Waals surface area contributed by atoms with E-state index in [9.17, 15) is 15.0 Å².